The number of nitriles is 1. The Labute approximate surface area is 134 Å². The van der Waals surface area contributed by atoms with Gasteiger partial charge in [0.2, 0.25) is 0 Å². The molecule has 0 aromatic heterocycles. The number of hydrogen-bond acceptors (Lipinski definition) is 4. The third-order valence-corrected chi connectivity index (χ3v) is 6.83. The average Bonchev–Trinajstić information content (AvgIpc) is 3.16. The fourth-order valence-corrected chi connectivity index (χ4v) is 5.13. The van der Waals surface area contributed by atoms with Gasteiger partial charge in [-0.15, -0.1) is 0 Å². The van der Waals surface area contributed by atoms with E-state index in [0.29, 0.717) is 6.61 Å². The number of halogens is 1. The van der Waals surface area contributed by atoms with Gasteiger partial charge in [0.15, 0.2) is 9.84 Å². The van der Waals surface area contributed by atoms with Gasteiger partial charge < -0.3 is 4.74 Å². The third kappa shape index (κ3) is 2.87. The van der Waals surface area contributed by atoms with Gasteiger partial charge in [-0.25, -0.2) is 8.42 Å². The average molecular weight is 372 g/mol. The Morgan fingerprint density at radius 2 is 1.95 bits per heavy atom. The summed E-state index contributed by atoms with van der Waals surface area (Å²) in [6, 6.07) is 9.71. The van der Waals surface area contributed by atoms with Crippen molar-refractivity contribution in [2.24, 2.45) is 5.41 Å². The summed E-state index contributed by atoms with van der Waals surface area (Å²) in [6.45, 7) is 4.08. The number of rotatable bonds is 6. The zero-order valence-corrected chi connectivity index (χ0v) is 14.4. The van der Waals surface area contributed by atoms with E-state index >= 15 is 0 Å². The monoisotopic (exact) mass is 371 g/mol. The molecule has 0 N–H and O–H groups in total. The Bertz CT molecular complexity index is 650. The molecule has 2 rings (SSSR count). The largest absolute Gasteiger partial charge is 0.380 e. The van der Waals surface area contributed by atoms with Crippen LogP contribution in [0.3, 0.4) is 0 Å². The van der Waals surface area contributed by atoms with Crippen molar-refractivity contribution in [3.05, 3.63) is 34.3 Å². The maximum absolute atomic E-state index is 12.3. The van der Waals surface area contributed by atoms with Crippen molar-refractivity contribution in [1.82, 2.24) is 0 Å². The molecule has 1 aromatic carbocycles. The lowest BCUT2D eigenvalue weighted by Gasteiger charge is -2.09. The van der Waals surface area contributed by atoms with Crippen LogP contribution >= 0.6 is 15.9 Å². The van der Waals surface area contributed by atoms with E-state index < -0.39 is 20.5 Å². The van der Waals surface area contributed by atoms with Crippen LogP contribution in [0.2, 0.25) is 0 Å². The van der Waals surface area contributed by atoms with E-state index in [1.165, 1.54) is 0 Å². The summed E-state index contributed by atoms with van der Waals surface area (Å²) in [5.41, 5.74) is -0.0833. The van der Waals surface area contributed by atoms with Crippen molar-refractivity contribution in [3.63, 3.8) is 0 Å². The van der Waals surface area contributed by atoms with E-state index in [1.54, 1.807) is 6.92 Å². The second kappa shape index (κ2) is 6.07. The zero-order valence-electron chi connectivity index (χ0n) is 12.0. The third-order valence-electron chi connectivity index (χ3n) is 4.03. The van der Waals surface area contributed by atoms with E-state index in [-0.39, 0.29) is 18.3 Å². The highest BCUT2D eigenvalue weighted by atomic mass is 79.9. The summed E-state index contributed by atoms with van der Waals surface area (Å²) >= 11 is 3.36. The van der Waals surface area contributed by atoms with Gasteiger partial charge in [-0.2, -0.15) is 5.26 Å². The van der Waals surface area contributed by atoms with Gasteiger partial charge in [0.1, 0.15) is 5.41 Å². The summed E-state index contributed by atoms with van der Waals surface area (Å²) in [7, 11) is -3.30. The van der Waals surface area contributed by atoms with Gasteiger partial charge >= 0.3 is 0 Å². The van der Waals surface area contributed by atoms with E-state index in [4.69, 9.17) is 4.74 Å². The predicted octanol–water partition coefficient (Wildman–Crippen LogP) is 2.90. The molecule has 114 valence electrons. The summed E-state index contributed by atoms with van der Waals surface area (Å²) in [5, 5.41) is 8.92. The molecule has 0 amide bonds. The number of ether oxygens (including phenoxy) is 1. The Kier molecular flexibility index (Phi) is 4.76. The van der Waals surface area contributed by atoms with Crippen LogP contribution in [0.4, 0.5) is 0 Å². The molecular formula is C15H18BrNO3S. The molecule has 0 unspecified atom stereocenters. The van der Waals surface area contributed by atoms with Gasteiger partial charge in [-0.1, -0.05) is 35.0 Å². The highest BCUT2D eigenvalue weighted by Gasteiger charge is 2.71. The summed E-state index contributed by atoms with van der Waals surface area (Å²) in [5.74, 6) is -0.271. The van der Waals surface area contributed by atoms with Crippen LogP contribution in [0.15, 0.2) is 28.7 Å². The smallest absolute Gasteiger partial charge is 0.155 e. The van der Waals surface area contributed by atoms with E-state index in [0.717, 1.165) is 10.0 Å². The molecule has 0 bridgehead atoms. The lowest BCUT2D eigenvalue weighted by atomic mass is 10.0. The van der Waals surface area contributed by atoms with Crippen LogP contribution < -0.4 is 0 Å². The van der Waals surface area contributed by atoms with Crippen LogP contribution in [0.25, 0.3) is 0 Å². The molecule has 3 atom stereocenters. The van der Waals surface area contributed by atoms with E-state index in [2.05, 4.69) is 22.0 Å². The van der Waals surface area contributed by atoms with Crippen LogP contribution in [-0.2, 0) is 14.6 Å². The van der Waals surface area contributed by atoms with Crippen LogP contribution in [-0.4, -0.2) is 32.6 Å². The van der Waals surface area contributed by atoms with Crippen molar-refractivity contribution in [2.45, 2.75) is 25.0 Å². The molecule has 1 fully saturated rings. The standard InChI is InChI=1S/C15H18BrNO3S/c1-3-20-10-15(9-17)13(14(15)21(18,19)4-2)11-5-7-12(16)8-6-11/h5-8,13-14H,3-4,10H2,1-2H3/t13-,14+,15+/m0/s1. The zero-order chi connectivity index (χ0) is 15.7. The first-order valence-electron chi connectivity index (χ1n) is 6.89. The van der Waals surface area contributed by atoms with Gasteiger partial charge in [0.05, 0.1) is 17.9 Å². The minimum Gasteiger partial charge on any atom is -0.380 e. The van der Waals surface area contributed by atoms with Crippen molar-refractivity contribution in [3.8, 4) is 6.07 Å². The predicted molar refractivity (Wildman–Crippen MR) is 84.7 cm³/mol. The number of hydrogen-bond donors (Lipinski definition) is 0. The Morgan fingerprint density at radius 3 is 2.43 bits per heavy atom. The minimum atomic E-state index is -3.30. The molecule has 0 aliphatic heterocycles. The fraction of sp³-hybridized carbons (Fsp3) is 0.533. The quantitative estimate of drug-likeness (QED) is 0.770. The van der Waals surface area contributed by atoms with Crippen LogP contribution in [0.5, 0.6) is 0 Å². The summed E-state index contributed by atoms with van der Waals surface area (Å²) in [6.07, 6.45) is 0. The van der Waals surface area contributed by atoms with Gasteiger partial charge in [0.25, 0.3) is 0 Å². The molecule has 0 heterocycles. The van der Waals surface area contributed by atoms with Crippen molar-refractivity contribution in [1.29, 1.82) is 5.26 Å². The molecule has 1 aliphatic carbocycles. The number of benzene rings is 1. The van der Waals surface area contributed by atoms with Gasteiger partial charge in [-0.3, -0.25) is 0 Å². The normalized spacial score (nSPS) is 28.1. The molecule has 1 aliphatic rings. The molecule has 0 saturated heterocycles. The second-order valence-electron chi connectivity index (χ2n) is 5.19. The maximum Gasteiger partial charge on any atom is 0.155 e. The van der Waals surface area contributed by atoms with E-state index in [9.17, 15) is 13.7 Å². The SMILES string of the molecule is CCOC[C@@]1(C#N)[C@H](S(=O)(=O)CC)[C@@H]1c1ccc(Br)cc1. The Balaban J connectivity index is 2.42. The summed E-state index contributed by atoms with van der Waals surface area (Å²) < 4.78 is 31.0. The Morgan fingerprint density at radius 1 is 1.33 bits per heavy atom. The van der Waals surface area contributed by atoms with Gasteiger partial charge in [-0.05, 0) is 24.6 Å². The lowest BCUT2D eigenvalue weighted by Crippen LogP contribution is -2.20. The molecule has 6 heteroatoms. The van der Waals surface area contributed by atoms with E-state index in [1.807, 2.05) is 31.2 Å². The summed E-state index contributed by atoms with van der Waals surface area (Å²) in [4.78, 5) is 0. The molecule has 0 radical (unpaired) electrons. The molecular weight excluding hydrogens is 354 g/mol. The van der Waals surface area contributed by atoms with Crippen LogP contribution in [0, 0.1) is 16.7 Å². The number of nitrogens with zero attached hydrogens (tertiary/aromatic N) is 1. The molecule has 0 spiro atoms. The van der Waals surface area contributed by atoms with Crippen molar-refractivity contribution >= 4 is 25.8 Å². The fourth-order valence-electron chi connectivity index (χ4n) is 2.86. The highest BCUT2D eigenvalue weighted by Crippen LogP contribution is 2.63. The van der Waals surface area contributed by atoms with Crippen molar-refractivity contribution < 1.29 is 13.2 Å². The lowest BCUT2D eigenvalue weighted by molar-refractivity contribution is 0.117. The number of sulfone groups is 1. The van der Waals surface area contributed by atoms with Crippen molar-refractivity contribution in [2.75, 3.05) is 19.0 Å². The highest BCUT2D eigenvalue weighted by molar-refractivity contribution is 9.10. The first-order chi connectivity index (χ1) is 9.93. The first kappa shape index (κ1) is 16.5. The minimum absolute atomic E-state index is 0.0419. The molecule has 21 heavy (non-hydrogen) atoms. The molecule has 1 aromatic rings. The topological polar surface area (TPSA) is 67.2 Å². The van der Waals surface area contributed by atoms with Gasteiger partial charge in [0, 0.05) is 22.8 Å². The maximum atomic E-state index is 12.3. The Hall–Kier alpha value is -0.900. The van der Waals surface area contributed by atoms with Crippen LogP contribution in [0.1, 0.15) is 25.3 Å². The second-order valence-corrected chi connectivity index (χ2v) is 8.52. The molecule has 4 nitrogen and oxygen atoms in total. The molecule has 1 saturated carbocycles. The first-order valence-corrected chi connectivity index (χ1v) is 9.39.